The number of sulfonamides is 1. The van der Waals surface area contributed by atoms with Gasteiger partial charge in [-0.25, -0.2) is 13.1 Å². The zero-order chi connectivity index (χ0) is 35.1. The molecule has 2 unspecified atom stereocenters. The Labute approximate surface area is 294 Å². The van der Waals surface area contributed by atoms with Crippen LogP contribution in [0.1, 0.15) is 55.8 Å². The molecule has 2 atom stereocenters. The van der Waals surface area contributed by atoms with Crippen molar-refractivity contribution in [2.24, 2.45) is 0 Å². The van der Waals surface area contributed by atoms with Gasteiger partial charge in [0, 0.05) is 32.5 Å². The summed E-state index contributed by atoms with van der Waals surface area (Å²) in [5.41, 5.74) is 2.66. The van der Waals surface area contributed by atoms with Crippen molar-refractivity contribution in [2.75, 3.05) is 39.4 Å². The number of fused-ring (bicyclic) bond motifs is 2. The van der Waals surface area contributed by atoms with Crippen LogP contribution in [0.2, 0.25) is 0 Å². The number of hydrogen-bond acceptors (Lipinski definition) is 7. The first kappa shape index (κ1) is 35.4. The molecule has 2 N–H and O–H groups in total. The van der Waals surface area contributed by atoms with Crippen molar-refractivity contribution in [3.8, 4) is 11.5 Å². The molecule has 4 aromatic rings. The molecule has 0 aliphatic carbocycles. The predicted octanol–water partition coefficient (Wildman–Crippen LogP) is 5.21. The van der Waals surface area contributed by atoms with Gasteiger partial charge in [-0.2, -0.15) is 0 Å². The number of rotatable bonds is 14. The summed E-state index contributed by atoms with van der Waals surface area (Å²) in [6.45, 7) is 9.13. The third-order valence-corrected chi connectivity index (χ3v) is 11.0. The van der Waals surface area contributed by atoms with E-state index in [4.69, 9.17) is 9.47 Å². The summed E-state index contributed by atoms with van der Waals surface area (Å²) < 4.78 is 41.9. The molecule has 0 spiro atoms. The number of carbonyl (C=O) groups excluding carboxylic acids is 2. The summed E-state index contributed by atoms with van der Waals surface area (Å²) >= 11 is 0. The van der Waals surface area contributed by atoms with Gasteiger partial charge in [0.05, 0.1) is 10.9 Å². The Bertz CT molecular complexity index is 1910. The molecule has 1 fully saturated rings. The van der Waals surface area contributed by atoms with Crippen LogP contribution in [-0.2, 0) is 32.6 Å². The van der Waals surface area contributed by atoms with Crippen molar-refractivity contribution in [3.63, 3.8) is 0 Å². The molecule has 2 aliphatic rings. The van der Waals surface area contributed by atoms with Crippen LogP contribution in [0.4, 0.5) is 0 Å². The average Bonchev–Trinajstić information content (AvgIpc) is 3.68. The highest BCUT2D eigenvalue weighted by Crippen LogP contribution is 2.34. The van der Waals surface area contributed by atoms with Gasteiger partial charge in [0.1, 0.15) is 19.3 Å². The van der Waals surface area contributed by atoms with Crippen LogP contribution in [-0.4, -0.2) is 75.5 Å². The van der Waals surface area contributed by atoms with Gasteiger partial charge in [-0.05, 0) is 77.7 Å². The third-order valence-electron chi connectivity index (χ3n) is 9.50. The molecule has 0 bridgehead atoms. The molecule has 0 saturated carbocycles. The minimum Gasteiger partial charge on any atom is -0.486 e. The molecule has 1 saturated heterocycles. The Morgan fingerprint density at radius 1 is 0.820 bits per heavy atom. The van der Waals surface area contributed by atoms with Crippen LogP contribution in [0.3, 0.4) is 0 Å². The Kier molecular flexibility index (Phi) is 11.4. The highest BCUT2D eigenvalue weighted by atomic mass is 32.2. The summed E-state index contributed by atoms with van der Waals surface area (Å²) in [5.74, 6) is 0.466. The lowest BCUT2D eigenvalue weighted by atomic mass is 10.0. The Morgan fingerprint density at radius 3 is 2.22 bits per heavy atom. The summed E-state index contributed by atoms with van der Waals surface area (Å²) in [4.78, 5) is 31.9. The lowest BCUT2D eigenvalue weighted by Crippen LogP contribution is -2.49. The van der Waals surface area contributed by atoms with Crippen LogP contribution in [0, 0.1) is 0 Å². The normalized spacial score (nSPS) is 15.6. The van der Waals surface area contributed by atoms with Crippen molar-refractivity contribution in [2.45, 2.75) is 63.1 Å². The van der Waals surface area contributed by atoms with E-state index < -0.39 is 28.0 Å². The number of nitrogens with zero attached hydrogens (tertiary/aromatic N) is 2. The van der Waals surface area contributed by atoms with E-state index in [1.54, 1.807) is 41.3 Å². The van der Waals surface area contributed by atoms with Gasteiger partial charge < -0.3 is 19.7 Å². The Morgan fingerprint density at radius 2 is 1.50 bits per heavy atom. The maximum absolute atomic E-state index is 13.9. The van der Waals surface area contributed by atoms with E-state index in [-0.39, 0.29) is 17.2 Å². The topological polar surface area (TPSA) is 117 Å². The molecule has 4 aromatic carbocycles. The monoisotopic (exact) mass is 698 g/mol. The van der Waals surface area contributed by atoms with E-state index in [0.717, 1.165) is 48.8 Å². The van der Waals surface area contributed by atoms with E-state index >= 15 is 0 Å². The molecule has 11 heteroatoms. The molecule has 264 valence electrons. The van der Waals surface area contributed by atoms with Gasteiger partial charge in [-0.15, -0.1) is 0 Å². The number of nitrogens with one attached hydrogen (secondary N) is 2. The van der Waals surface area contributed by atoms with Crippen molar-refractivity contribution in [1.82, 2.24) is 19.8 Å². The molecule has 6 rings (SSSR count). The second-order valence-corrected chi connectivity index (χ2v) is 14.6. The number of benzene rings is 4. The maximum Gasteiger partial charge on any atom is 0.245 e. The zero-order valence-corrected chi connectivity index (χ0v) is 29.6. The van der Waals surface area contributed by atoms with Crippen molar-refractivity contribution in [1.29, 1.82) is 0 Å². The summed E-state index contributed by atoms with van der Waals surface area (Å²) in [6.07, 6.45) is 1.94. The smallest absolute Gasteiger partial charge is 0.245 e. The Balaban J connectivity index is 1.24. The fourth-order valence-electron chi connectivity index (χ4n) is 6.61. The minimum absolute atomic E-state index is 0.0886. The Hall–Kier alpha value is -4.45. The number of likely N-dealkylation sites (tertiary alicyclic amines) is 1. The van der Waals surface area contributed by atoms with Crippen LogP contribution in [0.15, 0.2) is 89.8 Å². The van der Waals surface area contributed by atoms with Gasteiger partial charge in [-0.3, -0.25) is 14.5 Å². The quantitative estimate of drug-likeness (QED) is 0.186. The first-order valence-electron chi connectivity index (χ1n) is 17.5. The van der Waals surface area contributed by atoms with Crippen LogP contribution in [0.5, 0.6) is 11.5 Å². The predicted molar refractivity (Wildman–Crippen MR) is 194 cm³/mol. The first-order valence-corrected chi connectivity index (χ1v) is 19.0. The molecule has 2 amide bonds. The third kappa shape index (κ3) is 8.64. The average molecular weight is 699 g/mol. The lowest BCUT2D eigenvalue weighted by Gasteiger charge is -2.26. The van der Waals surface area contributed by atoms with Crippen molar-refractivity contribution < 1.29 is 27.5 Å². The molecule has 0 aromatic heterocycles. The first-order chi connectivity index (χ1) is 24.2. The molecular weight excluding hydrogens is 653 g/mol. The second-order valence-electron chi connectivity index (χ2n) is 12.9. The second kappa shape index (κ2) is 16.1. The van der Waals surface area contributed by atoms with Crippen molar-refractivity contribution in [3.05, 3.63) is 102 Å². The van der Waals surface area contributed by atoms with Crippen LogP contribution in [0.25, 0.3) is 10.8 Å². The molecular formula is C39H46N4O6S. The van der Waals surface area contributed by atoms with E-state index in [0.29, 0.717) is 49.8 Å². The van der Waals surface area contributed by atoms with E-state index in [1.807, 2.05) is 36.4 Å². The van der Waals surface area contributed by atoms with E-state index in [1.165, 1.54) is 5.56 Å². The molecule has 50 heavy (non-hydrogen) atoms. The summed E-state index contributed by atoms with van der Waals surface area (Å²) in [7, 11) is -4.07. The maximum atomic E-state index is 13.9. The van der Waals surface area contributed by atoms with Gasteiger partial charge in [-0.1, -0.05) is 74.5 Å². The van der Waals surface area contributed by atoms with Gasteiger partial charge in [0.2, 0.25) is 21.8 Å². The van der Waals surface area contributed by atoms with Crippen LogP contribution >= 0.6 is 0 Å². The fraction of sp³-hybridized carbons (Fsp3) is 0.385. The van der Waals surface area contributed by atoms with Crippen LogP contribution < -0.4 is 19.5 Å². The molecule has 10 nitrogen and oxygen atoms in total. The molecule has 2 aliphatic heterocycles. The van der Waals surface area contributed by atoms with Gasteiger partial charge in [0.25, 0.3) is 0 Å². The van der Waals surface area contributed by atoms with E-state index in [9.17, 15) is 18.0 Å². The summed E-state index contributed by atoms with van der Waals surface area (Å²) in [5, 5.41) is 4.69. The van der Waals surface area contributed by atoms with Gasteiger partial charge in [0.15, 0.2) is 11.5 Å². The molecule has 2 heterocycles. The van der Waals surface area contributed by atoms with E-state index in [2.05, 4.69) is 40.9 Å². The largest absolute Gasteiger partial charge is 0.486 e. The number of amides is 2. The summed E-state index contributed by atoms with van der Waals surface area (Å²) in [6, 6.07) is 24.1. The minimum atomic E-state index is -4.07. The highest BCUT2D eigenvalue weighted by molar-refractivity contribution is 7.89. The SMILES string of the molecule is CCN(CC)Cc1ccc(CC(NC(=O)CC(NS(=O)(=O)c2ccc3ccccc3c2)c2ccc3c(c2)OCCO3)C(=O)N2CCCC2)cc1. The lowest BCUT2D eigenvalue weighted by molar-refractivity contribution is -0.135. The number of ether oxygens (including phenoxy) is 2. The van der Waals surface area contributed by atoms with Gasteiger partial charge >= 0.3 is 0 Å². The highest BCUT2D eigenvalue weighted by Gasteiger charge is 2.31. The fourth-order valence-corrected chi connectivity index (χ4v) is 7.87. The standard InChI is InChI=1S/C39H46N4O6S/c1-3-42(4-2)27-29-13-11-28(12-14-29)23-35(39(45)43-19-7-8-20-43)40-38(44)26-34(32-16-18-36-37(25-32)49-22-21-48-36)41-50(46,47)33-17-15-30-9-5-6-10-31(30)24-33/h5-6,9-18,24-25,34-35,41H,3-4,7-8,19-23,26-27H2,1-2H3,(H,40,44). The number of carbonyl (C=O) groups is 2. The molecule has 0 radical (unpaired) electrons. The number of hydrogen-bond donors (Lipinski definition) is 2. The van der Waals surface area contributed by atoms with Crippen molar-refractivity contribution >= 4 is 32.6 Å². The zero-order valence-electron chi connectivity index (χ0n) is 28.8.